The highest BCUT2D eigenvalue weighted by Crippen LogP contribution is 1.99. The fraction of sp³-hybridized carbons (Fsp3) is 0.636. The second-order valence-electron chi connectivity index (χ2n) is 3.30. The number of likely N-dealkylation sites (N-methyl/N-ethyl adjacent to an activating group) is 2. The Morgan fingerprint density at radius 2 is 1.94 bits per heavy atom. The first-order valence-electron chi connectivity index (χ1n) is 5.32. The quantitative estimate of drug-likeness (QED) is 0.498. The summed E-state index contributed by atoms with van der Waals surface area (Å²) in [5.41, 5.74) is 0.368. The zero-order valence-corrected chi connectivity index (χ0v) is 10.2. The molecule has 0 aromatic rings. The molecule has 0 saturated carbocycles. The molecule has 0 heterocycles. The Bertz CT molecular complexity index is 264. The molecule has 1 N–H and O–H groups in total. The van der Waals surface area contributed by atoms with Gasteiger partial charge in [-0.15, -0.1) is 0 Å². The van der Waals surface area contributed by atoms with Gasteiger partial charge >= 0.3 is 5.97 Å². The van der Waals surface area contributed by atoms with Crippen molar-refractivity contribution in [3.8, 4) is 0 Å². The zero-order valence-electron chi connectivity index (χ0n) is 10.2. The van der Waals surface area contributed by atoms with Gasteiger partial charge < -0.3 is 10.1 Å². The van der Waals surface area contributed by atoms with Crippen molar-refractivity contribution in [1.82, 2.24) is 10.2 Å². The summed E-state index contributed by atoms with van der Waals surface area (Å²) in [5.74, 6) is -0.489. The van der Waals surface area contributed by atoms with Crippen LogP contribution in [0.5, 0.6) is 0 Å². The van der Waals surface area contributed by atoms with Crippen molar-refractivity contribution >= 4 is 11.9 Å². The van der Waals surface area contributed by atoms with E-state index in [1.807, 2.05) is 11.8 Å². The number of rotatable bonds is 7. The van der Waals surface area contributed by atoms with E-state index in [2.05, 4.69) is 11.9 Å². The van der Waals surface area contributed by atoms with Gasteiger partial charge in [0.25, 0.3) is 0 Å². The Morgan fingerprint density at radius 3 is 2.38 bits per heavy atom. The van der Waals surface area contributed by atoms with Crippen molar-refractivity contribution in [2.75, 3.05) is 33.3 Å². The van der Waals surface area contributed by atoms with E-state index in [9.17, 15) is 9.59 Å². The monoisotopic (exact) mass is 228 g/mol. The fourth-order valence-corrected chi connectivity index (χ4v) is 1.13. The van der Waals surface area contributed by atoms with Crippen LogP contribution in [0.3, 0.4) is 0 Å². The van der Waals surface area contributed by atoms with Gasteiger partial charge in [0.05, 0.1) is 13.2 Å². The SMILES string of the molecule is C=C(CN(CC)CC(=O)NC)C(=O)OCC. The number of carbonyl (C=O) groups excluding carboxylic acids is 2. The maximum atomic E-state index is 11.3. The van der Waals surface area contributed by atoms with Crippen molar-refractivity contribution in [2.45, 2.75) is 13.8 Å². The van der Waals surface area contributed by atoms with E-state index in [1.54, 1.807) is 14.0 Å². The summed E-state index contributed by atoms with van der Waals surface area (Å²) >= 11 is 0. The Morgan fingerprint density at radius 1 is 1.31 bits per heavy atom. The third-order valence-electron chi connectivity index (χ3n) is 2.07. The highest BCUT2D eigenvalue weighted by molar-refractivity contribution is 5.88. The predicted molar refractivity (Wildman–Crippen MR) is 62.0 cm³/mol. The van der Waals surface area contributed by atoms with Crippen LogP contribution in [-0.4, -0.2) is 50.1 Å². The minimum atomic E-state index is -0.405. The van der Waals surface area contributed by atoms with Gasteiger partial charge in [0.15, 0.2) is 0 Å². The van der Waals surface area contributed by atoms with Crippen molar-refractivity contribution in [3.05, 3.63) is 12.2 Å². The Kier molecular flexibility index (Phi) is 7.20. The van der Waals surface area contributed by atoms with Gasteiger partial charge in [-0.05, 0) is 13.5 Å². The van der Waals surface area contributed by atoms with Gasteiger partial charge in [-0.2, -0.15) is 0 Å². The maximum Gasteiger partial charge on any atom is 0.334 e. The molecule has 0 rings (SSSR count). The zero-order chi connectivity index (χ0) is 12.6. The molecule has 92 valence electrons. The molecule has 0 bridgehead atoms. The average molecular weight is 228 g/mol. The first-order valence-corrected chi connectivity index (χ1v) is 5.32. The lowest BCUT2D eigenvalue weighted by Crippen LogP contribution is -2.37. The molecule has 0 aromatic carbocycles. The van der Waals surface area contributed by atoms with E-state index >= 15 is 0 Å². The third-order valence-corrected chi connectivity index (χ3v) is 2.07. The molecular formula is C11H20N2O3. The number of hydrogen-bond acceptors (Lipinski definition) is 4. The highest BCUT2D eigenvalue weighted by atomic mass is 16.5. The fourth-order valence-electron chi connectivity index (χ4n) is 1.13. The second kappa shape index (κ2) is 7.87. The molecule has 0 unspecified atom stereocenters. The number of ether oxygens (including phenoxy) is 1. The first kappa shape index (κ1) is 14.6. The third kappa shape index (κ3) is 5.50. The number of nitrogens with one attached hydrogen (secondary N) is 1. The molecule has 0 fully saturated rings. The summed E-state index contributed by atoms with van der Waals surface area (Å²) in [7, 11) is 1.58. The normalized spacial score (nSPS) is 10.0. The van der Waals surface area contributed by atoms with E-state index in [0.717, 1.165) is 0 Å². The molecular weight excluding hydrogens is 208 g/mol. The topological polar surface area (TPSA) is 58.6 Å². The minimum absolute atomic E-state index is 0.0847. The molecule has 1 amide bonds. The molecule has 0 atom stereocenters. The molecule has 0 saturated heterocycles. The van der Waals surface area contributed by atoms with E-state index in [1.165, 1.54) is 0 Å². The minimum Gasteiger partial charge on any atom is -0.463 e. The van der Waals surface area contributed by atoms with Crippen molar-refractivity contribution in [3.63, 3.8) is 0 Å². The van der Waals surface area contributed by atoms with E-state index in [0.29, 0.717) is 25.3 Å². The molecule has 0 aliphatic rings. The number of nitrogens with zero attached hydrogens (tertiary/aromatic N) is 1. The van der Waals surface area contributed by atoms with Crippen LogP contribution in [0, 0.1) is 0 Å². The lowest BCUT2D eigenvalue weighted by atomic mass is 10.2. The van der Waals surface area contributed by atoms with Crippen molar-refractivity contribution in [2.24, 2.45) is 0 Å². The number of amides is 1. The van der Waals surface area contributed by atoms with Gasteiger partial charge in [-0.1, -0.05) is 13.5 Å². The summed E-state index contributed by atoms with van der Waals surface area (Å²) in [5, 5.41) is 2.53. The molecule has 0 aromatic heterocycles. The van der Waals surface area contributed by atoms with Gasteiger partial charge in [0.2, 0.25) is 5.91 Å². The summed E-state index contributed by atoms with van der Waals surface area (Å²) < 4.78 is 4.81. The van der Waals surface area contributed by atoms with Gasteiger partial charge in [-0.3, -0.25) is 9.69 Å². The smallest absolute Gasteiger partial charge is 0.334 e. The van der Waals surface area contributed by atoms with Crippen LogP contribution in [0.1, 0.15) is 13.8 Å². The number of carbonyl (C=O) groups is 2. The van der Waals surface area contributed by atoms with Crippen molar-refractivity contribution in [1.29, 1.82) is 0 Å². The van der Waals surface area contributed by atoms with Crippen LogP contribution in [0.2, 0.25) is 0 Å². The van der Waals surface area contributed by atoms with Crippen LogP contribution < -0.4 is 5.32 Å². The molecule has 0 spiro atoms. The summed E-state index contributed by atoms with van der Waals surface area (Å²) in [6.45, 7) is 8.92. The lowest BCUT2D eigenvalue weighted by molar-refractivity contribution is -0.139. The Balaban J connectivity index is 4.16. The van der Waals surface area contributed by atoms with Crippen molar-refractivity contribution < 1.29 is 14.3 Å². The molecule has 0 aliphatic heterocycles. The summed E-state index contributed by atoms with van der Waals surface area (Å²) in [6, 6.07) is 0. The highest BCUT2D eigenvalue weighted by Gasteiger charge is 2.14. The molecule has 0 aliphatic carbocycles. The largest absolute Gasteiger partial charge is 0.463 e. The summed E-state index contributed by atoms with van der Waals surface area (Å²) in [4.78, 5) is 24.3. The number of hydrogen-bond donors (Lipinski definition) is 1. The lowest BCUT2D eigenvalue weighted by Gasteiger charge is -2.19. The molecule has 16 heavy (non-hydrogen) atoms. The van der Waals surface area contributed by atoms with E-state index in [4.69, 9.17) is 4.74 Å². The molecule has 5 nitrogen and oxygen atoms in total. The van der Waals surface area contributed by atoms with Crippen LogP contribution in [0.25, 0.3) is 0 Å². The van der Waals surface area contributed by atoms with E-state index in [-0.39, 0.29) is 12.5 Å². The van der Waals surface area contributed by atoms with Gasteiger partial charge in [0.1, 0.15) is 0 Å². The van der Waals surface area contributed by atoms with Gasteiger partial charge in [-0.25, -0.2) is 4.79 Å². The maximum absolute atomic E-state index is 11.3. The molecule has 0 radical (unpaired) electrons. The van der Waals surface area contributed by atoms with Crippen LogP contribution >= 0.6 is 0 Å². The van der Waals surface area contributed by atoms with Crippen LogP contribution in [0.15, 0.2) is 12.2 Å². The van der Waals surface area contributed by atoms with Crippen LogP contribution in [-0.2, 0) is 14.3 Å². The Hall–Kier alpha value is -1.36. The van der Waals surface area contributed by atoms with Crippen LogP contribution in [0.4, 0.5) is 0 Å². The molecule has 5 heteroatoms. The first-order chi connectivity index (χ1) is 7.54. The number of esters is 1. The standard InChI is InChI=1S/C11H20N2O3/c1-5-13(8-10(14)12-4)7-9(3)11(15)16-6-2/h3,5-8H2,1-2,4H3,(H,12,14). The summed E-state index contributed by atoms with van der Waals surface area (Å²) in [6.07, 6.45) is 0. The average Bonchev–Trinajstić information content (AvgIpc) is 2.27. The predicted octanol–water partition coefficient (Wildman–Crippen LogP) is 0.174. The van der Waals surface area contributed by atoms with Gasteiger partial charge in [0, 0.05) is 19.2 Å². The Labute approximate surface area is 96.4 Å². The van der Waals surface area contributed by atoms with E-state index < -0.39 is 5.97 Å². The second-order valence-corrected chi connectivity index (χ2v) is 3.30.